The Balaban J connectivity index is 1.91. The summed E-state index contributed by atoms with van der Waals surface area (Å²) >= 11 is 0. The second kappa shape index (κ2) is 4.94. The highest BCUT2D eigenvalue weighted by Gasteiger charge is 2.29. The fourth-order valence-electron chi connectivity index (χ4n) is 1.93. The maximum atomic E-state index is 12.7. The van der Waals surface area contributed by atoms with Crippen LogP contribution in [0.5, 0.6) is 0 Å². The Kier molecular flexibility index (Phi) is 3.52. The van der Waals surface area contributed by atoms with Gasteiger partial charge in [0, 0.05) is 18.8 Å². The number of carbonyl (C=O) groups excluding carboxylic acids is 1. The van der Waals surface area contributed by atoms with Crippen LogP contribution in [-0.2, 0) is 0 Å². The summed E-state index contributed by atoms with van der Waals surface area (Å²) in [6.07, 6.45) is 1.15. The van der Waals surface area contributed by atoms with Gasteiger partial charge in [-0.1, -0.05) is 0 Å². The van der Waals surface area contributed by atoms with E-state index in [2.05, 4.69) is 5.32 Å². The van der Waals surface area contributed by atoms with Gasteiger partial charge in [-0.2, -0.15) is 0 Å². The molecule has 2 rings (SSSR count). The molecule has 5 heteroatoms. The summed E-state index contributed by atoms with van der Waals surface area (Å²) < 4.78 is 12.7. The molecule has 2 N–H and O–H groups in total. The van der Waals surface area contributed by atoms with E-state index in [1.54, 1.807) is 11.8 Å². The van der Waals surface area contributed by atoms with Gasteiger partial charge in [0.15, 0.2) is 0 Å². The monoisotopic (exact) mass is 252 g/mol. The maximum absolute atomic E-state index is 12.7. The average molecular weight is 252 g/mol. The highest BCUT2D eigenvalue weighted by Crippen LogP contribution is 2.21. The molecule has 0 spiro atoms. The average Bonchev–Trinajstić information content (AvgIpc) is 2.32. The second-order valence-corrected chi connectivity index (χ2v) is 4.92. The number of halogens is 1. The Labute approximate surface area is 105 Å². The van der Waals surface area contributed by atoms with Gasteiger partial charge < -0.3 is 15.3 Å². The van der Waals surface area contributed by atoms with Crippen LogP contribution in [0.3, 0.4) is 0 Å². The molecule has 98 valence electrons. The molecule has 0 aliphatic carbocycles. The Morgan fingerprint density at radius 2 is 1.89 bits per heavy atom. The second-order valence-electron chi connectivity index (χ2n) is 4.92. The van der Waals surface area contributed by atoms with E-state index in [-0.39, 0.29) is 11.8 Å². The number of hydrogen-bond acceptors (Lipinski definition) is 2. The number of nitrogens with one attached hydrogen (secondary N) is 1. The number of anilines is 1. The maximum Gasteiger partial charge on any atom is 0.321 e. The van der Waals surface area contributed by atoms with E-state index >= 15 is 0 Å². The van der Waals surface area contributed by atoms with Gasteiger partial charge in [-0.05, 0) is 44.0 Å². The molecular weight excluding hydrogens is 235 g/mol. The molecule has 0 bridgehead atoms. The van der Waals surface area contributed by atoms with Gasteiger partial charge in [0.25, 0.3) is 0 Å². The van der Waals surface area contributed by atoms with Gasteiger partial charge in [0.1, 0.15) is 5.82 Å². The zero-order valence-corrected chi connectivity index (χ0v) is 10.3. The first-order chi connectivity index (χ1) is 8.46. The molecule has 18 heavy (non-hydrogen) atoms. The number of piperidine rings is 1. The summed E-state index contributed by atoms with van der Waals surface area (Å²) in [5.74, 6) is -0.331. The first-order valence-corrected chi connectivity index (χ1v) is 6.00. The van der Waals surface area contributed by atoms with Crippen LogP contribution in [0, 0.1) is 5.82 Å². The van der Waals surface area contributed by atoms with Crippen LogP contribution >= 0.6 is 0 Å². The quantitative estimate of drug-likeness (QED) is 0.805. The van der Waals surface area contributed by atoms with Crippen molar-refractivity contribution in [1.29, 1.82) is 0 Å². The number of nitrogens with zero attached hydrogens (tertiary/aromatic N) is 1. The summed E-state index contributed by atoms with van der Waals surface area (Å²) in [5.41, 5.74) is -0.106. The van der Waals surface area contributed by atoms with E-state index in [9.17, 15) is 14.3 Å². The predicted molar refractivity (Wildman–Crippen MR) is 66.8 cm³/mol. The highest BCUT2D eigenvalue weighted by molar-refractivity contribution is 5.89. The predicted octanol–water partition coefficient (Wildman–Crippen LogP) is 2.20. The van der Waals surface area contributed by atoms with Crippen LogP contribution in [0.15, 0.2) is 24.3 Å². The van der Waals surface area contributed by atoms with Gasteiger partial charge in [-0.25, -0.2) is 9.18 Å². The number of rotatable bonds is 1. The minimum Gasteiger partial charge on any atom is -0.390 e. The number of amides is 2. The number of carbonyl (C=O) groups is 1. The van der Waals surface area contributed by atoms with E-state index in [0.717, 1.165) is 0 Å². The number of benzene rings is 1. The van der Waals surface area contributed by atoms with Crippen LogP contribution < -0.4 is 5.32 Å². The van der Waals surface area contributed by atoms with Crippen LogP contribution in [0.25, 0.3) is 0 Å². The molecule has 4 nitrogen and oxygen atoms in total. The van der Waals surface area contributed by atoms with Crippen LogP contribution in [0.4, 0.5) is 14.9 Å². The molecule has 1 heterocycles. The smallest absolute Gasteiger partial charge is 0.321 e. The van der Waals surface area contributed by atoms with Crippen molar-refractivity contribution in [1.82, 2.24) is 4.90 Å². The van der Waals surface area contributed by atoms with Gasteiger partial charge in [-0.3, -0.25) is 0 Å². The molecule has 0 saturated carbocycles. The van der Waals surface area contributed by atoms with Gasteiger partial charge >= 0.3 is 6.03 Å². The fraction of sp³-hybridized carbons (Fsp3) is 0.462. The summed E-state index contributed by atoms with van der Waals surface area (Å²) in [5, 5.41) is 12.5. The molecule has 0 atom stereocenters. The Hall–Kier alpha value is -1.62. The molecule has 0 radical (unpaired) electrons. The van der Waals surface area contributed by atoms with E-state index in [0.29, 0.717) is 31.6 Å². The van der Waals surface area contributed by atoms with Crippen molar-refractivity contribution in [2.45, 2.75) is 25.4 Å². The summed E-state index contributed by atoms with van der Waals surface area (Å²) in [4.78, 5) is 13.6. The number of hydrogen-bond donors (Lipinski definition) is 2. The lowest BCUT2D eigenvalue weighted by Crippen LogP contribution is -2.46. The molecule has 2 amide bonds. The van der Waals surface area contributed by atoms with Crippen molar-refractivity contribution in [2.24, 2.45) is 0 Å². The van der Waals surface area contributed by atoms with Gasteiger partial charge in [0.2, 0.25) is 0 Å². The van der Waals surface area contributed by atoms with Crippen molar-refractivity contribution in [3.63, 3.8) is 0 Å². The van der Waals surface area contributed by atoms with Crippen molar-refractivity contribution in [2.75, 3.05) is 18.4 Å². The van der Waals surface area contributed by atoms with Gasteiger partial charge in [-0.15, -0.1) is 0 Å². The molecule has 1 fully saturated rings. The Morgan fingerprint density at radius 1 is 1.33 bits per heavy atom. The first-order valence-electron chi connectivity index (χ1n) is 6.00. The molecule has 1 aromatic rings. The zero-order valence-electron chi connectivity index (χ0n) is 10.3. The number of aliphatic hydroxyl groups is 1. The largest absolute Gasteiger partial charge is 0.390 e. The van der Waals surface area contributed by atoms with Crippen molar-refractivity contribution in [3.8, 4) is 0 Å². The third-order valence-electron chi connectivity index (χ3n) is 3.22. The minimum atomic E-state index is -0.674. The van der Waals surface area contributed by atoms with Crippen LogP contribution in [0.1, 0.15) is 19.8 Å². The van der Waals surface area contributed by atoms with E-state index < -0.39 is 5.60 Å². The lowest BCUT2D eigenvalue weighted by atomic mass is 9.94. The molecule has 1 aromatic carbocycles. The molecular formula is C13H17FN2O2. The van der Waals surface area contributed by atoms with Crippen molar-refractivity contribution >= 4 is 11.7 Å². The molecule has 1 saturated heterocycles. The van der Waals surface area contributed by atoms with E-state index in [1.165, 1.54) is 24.3 Å². The zero-order chi connectivity index (χ0) is 13.2. The van der Waals surface area contributed by atoms with Crippen LogP contribution in [0.2, 0.25) is 0 Å². The molecule has 0 aromatic heterocycles. The topological polar surface area (TPSA) is 52.6 Å². The van der Waals surface area contributed by atoms with E-state index in [4.69, 9.17) is 0 Å². The number of likely N-dealkylation sites (tertiary alicyclic amines) is 1. The third-order valence-corrected chi connectivity index (χ3v) is 3.22. The van der Waals surface area contributed by atoms with Crippen molar-refractivity contribution in [3.05, 3.63) is 30.1 Å². The number of urea groups is 1. The van der Waals surface area contributed by atoms with Gasteiger partial charge in [0.05, 0.1) is 5.60 Å². The van der Waals surface area contributed by atoms with Crippen LogP contribution in [-0.4, -0.2) is 34.7 Å². The first kappa shape index (κ1) is 12.8. The van der Waals surface area contributed by atoms with E-state index in [1.807, 2.05) is 0 Å². The molecule has 1 aliphatic rings. The SMILES string of the molecule is CC1(O)CCN(C(=O)Nc2ccc(F)cc2)CC1. The molecule has 1 aliphatic heterocycles. The molecule has 0 unspecified atom stereocenters. The van der Waals surface area contributed by atoms with Crippen molar-refractivity contribution < 1.29 is 14.3 Å². The normalized spacial score (nSPS) is 18.5. The summed E-state index contributed by atoms with van der Waals surface area (Å²) in [6, 6.07) is 5.44. The lowest BCUT2D eigenvalue weighted by molar-refractivity contribution is 0.00570. The Bertz CT molecular complexity index is 421. The Morgan fingerprint density at radius 3 is 2.44 bits per heavy atom. The highest BCUT2D eigenvalue weighted by atomic mass is 19.1. The minimum absolute atomic E-state index is 0.211. The standard InChI is InChI=1S/C13H17FN2O2/c1-13(18)6-8-16(9-7-13)12(17)15-11-4-2-10(14)3-5-11/h2-5,18H,6-9H2,1H3,(H,15,17). The fourth-order valence-corrected chi connectivity index (χ4v) is 1.93. The summed E-state index contributed by atoms with van der Waals surface area (Å²) in [6.45, 7) is 2.84. The third kappa shape index (κ3) is 3.20. The summed E-state index contributed by atoms with van der Waals surface area (Å²) in [7, 11) is 0. The lowest BCUT2D eigenvalue weighted by Gasteiger charge is -2.35.